The molecule has 3 nitrogen and oxygen atoms in total. The summed E-state index contributed by atoms with van der Waals surface area (Å²) in [7, 11) is 1.72. The van der Waals surface area contributed by atoms with Gasteiger partial charge in [0.05, 0.1) is 7.05 Å². The van der Waals surface area contributed by atoms with Crippen LogP contribution in [0.2, 0.25) is 0 Å². The molecule has 0 unspecified atom stereocenters. The molecule has 0 radical (unpaired) electrons. The van der Waals surface area contributed by atoms with Gasteiger partial charge < -0.3 is 0 Å². The van der Waals surface area contributed by atoms with Crippen LogP contribution in [0.15, 0.2) is 10.3 Å². The maximum Gasteiger partial charge on any atom is 0.0509 e. The molecule has 0 aromatic carbocycles. The van der Waals surface area contributed by atoms with Crippen LogP contribution in [0.1, 0.15) is 19.3 Å². The van der Waals surface area contributed by atoms with Gasteiger partial charge in [-0.1, -0.05) is 5.22 Å². The normalized spacial score (nSPS) is 21.2. The first-order valence-corrected chi connectivity index (χ1v) is 3.48. The third kappa shape index (κ3) is 2.00. The number of nitrogens with zero attached hydrogens (tertiary/aromatic N) is 3. The molecule has 0 bridgehead atoms. The van der Waals surface area contributed by atoms with Gasteiger partial charge in [-0.2, -0.15) is 5.11 Å². The number of piperidine rings is 1. The monoisotopic (exact) mass is 127 g/mol. The highest BCUT2D eigenvalue weighted by atomic mass is 15.5. The van der Waals surface area contributed by atoms with E-state index >= 15 is 0 Å². The summed E-state index contributed by atoms with van der Waals surface area (Å²) in [6.45, 7) is 2.19. The molecule has 0 amide bonds. The van der Waals surface area contributed by atoms with E-state index < -0.39 is 0 Å². The molecule has 0 saturated carbocycles. The number of hydrogen-bond donors (Lipinski definition) is 0. The van der Waals surface area contributed by atoms with E-state index in [1.807, 2.05) is 5.01 Å². The fourth-order valence-electron chi connectivity index (χ4n) is 1.09. The summed E-state index contributed by atoms with van der Waals surface area (Å²) in [5.41, 5.74) is 0. The van der Waals surface area contributed by atoms with E-state index in [1.54, 1.807) is 7.05 Å². The predicted octanol–water partition coefficient (Wildman–Crippen LogP) is 1.47. The van der Waals surface area contributed by atoms with E-state index in [-0.39, 0.29) is 0 Å². The van der Waals surface area contributed by atoms with Crippen LogP contribution in [0, 0.1) is 0 Å². The molecule has 1 fully saturated rings. The lowest BCUT2D eigenvalue weighted by Gasteiger charge is -2.21. The van der Waals surface area contributed by atoms with E-state index in [0.29, 0.717) is 0 Å². The summed E-state index contributed by atoms with van der Waals surface area (Å²) in [6, 6.07) is 0. The second-order valence-corrected chi connectivity index (χ2v) is 2.30. The Bertz CT molecular complexity index is 94.5. The lowest BCUT2D eigenvalue weighted by Crippen LogP contribution is -2.23. The van der Waals surface area contributed by atoms with Crippen LogP contribution >= 0.6 is 0 Å². The molecule has 0 aromatic rings. The first-order chi connectivity index (χ1) is 4.43. The molecule has 0 spiro atoms. The van der Waals surface area contributed by atoms with Gasteiger partial charge in [0.15, 0.2) is 0 Å². The second kappa shape index (κ2) is 3.43. The molecule has 0 N–H and O–H groups in total. The third-order valence-corrected chi connectivity index (χ3v) is 1.55. The molecule has 9 heavy (non-hydrogen) atoms. The molecule has 0 aromatic heterocycles. The topological polar surface area (TPSA) is 28.0 Å². The summed E-state index contributed by atoms with van der Waals surface area (Å²) >= 11 is 0. The van der Waals surface area contributed by atoms with Gasteiger partial charge in [0.2, 0.25) is 0 Å². The highest BCUT2D eigenvalue weighted by molar-refractivity contribution is 4.58. The van der Waals surface area contributed by atoms with Crippen molar-refractivity contribution >= 4 is 0 Å². The summed E-state index contributed by atoms with van der Waals surface area (Å²) in [4.78, 5) is 0. The highest BCUT2D eigenvalue weighted by Crippen LogP contribution is 2.08. The molecule has 1 heterocycles. The van der Waals surface area contributed by atoms with Crippen LogP contribution in [0.5, 0.6) is 0 Å². The molecule has 1 saturated heterocycles. The minimum Gasteiger partial charge on any atom is -0.279 e. The summed E-state index contributed by atoms with van der Waals surface area (Å²) in [5, 5.41) is 9.68. The Balaban J connectivity index is 2.23. The number of rotatable bonds is 1. The molecule has 0 aliphatic carbocycles. The summed E-state index contributed by atoms with van der Waals surface area (Å²) in [6.07, 6.45) is 3.91. The van der Waals surface area contributed by atoms with Crippen LogP contribution in [-0.4, -0.2) is 25.1 Å². The van der Waals surface area contributed by atoms with Crippen molar-refractivity contribution in [2.45, 2.75) is 19.3 Å². The van der Waals surface area contributed by atoms with Crippen molar-refractivity contribution in [3.8, 4) is 0 Å². The van der Waals surface area contributed by atoms with E-state index in [9.17, 15) is 0 Å². The largest absolute Gasteiger partial charge is 0.279 e. The first kappa shape index (κ1) is 6.52. The Morgan fingerprint density at radius 2 is 1.78 bits per heavy atom. The van der Waals surface area contributed by atoms with E-state index in [0.717, 1.165) is 13.1 Å². The van der Waals surface area contributed by atoms with Crippen molar-refractivity contribution in [1.82, 2.24) is 5.01 Å². The smallest absolute Gasteiger partial charge is 0.0509 e. The van der Waals surface area contributed by atoms with E-state index in [4.69, 9.17) is 0 Å². The Hall–Kier alpha value is -0.600. The summed E-state index contributed by atoms with van der Waals surface area (Å²) < 4.78 is 0. The highest BCUT2D eigenvalue weighted by Gasteiger charge is 2.05. The average Bonchev–Trinajstić information content (AvgIpc) is 1.91. The van der Waals surface area contributed by atoms with Crippen LogP contribution in [0.3, 0.4) is 0 Å². The number of hydrogen-bond acceptors (Lipinski definition) is 2. The van der Waals surface area contributed by atoms with Crippen LogP contribution in [0.25, 0.3) is 0 Å². The van der Waals surface area contributed by atoms with Crippen molar-refractivity contribution in [2.75, 3.05) is 20.1 Å². The van der Waals surface area contributed by atoms with Crippen molar-refractivity contribution in [3.05, 3.63) is 0 Å². The molecular formula is C6H13N3. The van der Waals surface area contributed by atoms with Gasteiger partial charge in [0, 0.05) is 13.1 Å². The van der Waals surface area contributed by atoms with Gasteiger partial charge in [0.1, 0.15) is 0 Å². The average molecular weight is 127 g/mol. The van der Waals surface area contributed by atoms with Gasteiger partial charge in [-0.05, 0) is 19.3 Å². The van der Waals surface area contributed by atoms with Crippen LogP contribution in [-0.2, 0) is 0 Å². The minimum absolute atomic E-state index is 1.09. The molecule has 52 valence electrons. The Kier molecular flexibility index (Phi) is 2.48. The maximum absolute atomic E-state index is 3.94. The van der Waals surface area contributed by atoms with Crippen LogP contribution in [0.4, 0.5) is 0 Å². The van der Waals surface area contributed by atoms with Gasteiger partial charge >= 0.3 is 0 Å². The zero-order valence-electron chi connectivity index (χ0n) is 5.88. The quantitative estimate of drug-likeness (QED) is 0.490. The van der Waals surface area contributed by atoms with Crippen molar-refractivity contribution in [1.29, 1.82) is 0 Å². The molecule has 3 heteroatoms. The SMILES string of the molecule is CN=NN1CCCCC1. The Morgan fingerprint density at radius 1 is 1.11 bits per heavy atom. The zero-order valence-corrected chi connectivity index (χ0v) is 5.88. The standard InChI is InChI=1S/C6H13N3/c1-7-8-9-5-3-2-4-6-9/h2-6H2,1H3. The molecular weight excluding hydrogens is 114 g/mol. The van der Waals surface area contributed by atoms with Crippen LogP contribution < -0.4 is 0 Å². The van der Waals surface area contributed by atoms with Crippen molar-refractivity contribution in [3.63, 3.8) is 0 Å². The second-order valence-electron chi connectivity index (χ2n) is 2.30. The fraction of sp³-hybridized carbons (Fsp3) is 1.00. The first-order valence-electron chi connectivity index (χ1n) is 3.48. The Morgan fingerprint density at radius 3 is 2.33 bits per heavy atom. The summed E-state index contributed by atoms with van der Waals surface area (Å²) in [5.74, 6) is 0. The van der Waals surface area contributed by atoms with Gasteiger partial charge in [-0.3, -0.25) is 5.01 Å². The Labute approximate surface area is 55.7 Å². The fourth-order valence-corrected chi connectivity index (χ4v) is 1.09. The van der Waals surface area contributed by atoms with Crippen molar-refractivity contribution < 1.29 is 0 Å². The zero-order chi connectivity index (χ0) is 6.53. The van der Waals surface area contributed by atoms with Gasteiger partial charge in [-0.15, -0.1) is 0 Å². The minimum atomic E-state index is 1.09. The molecule has 1 aliphatic heterocycles. The molecule has 0 atom stereocenters. The van der Waals surface area contributed by atoms with Gasteiger partial charge in [-0.25, -0.2) is 0 Å². The molecule has 1 rings (SSSR count). The van der Waals surface area contributed by atoms with E-state index in [1.165, 1.54) is 19.3 Å². The lowest BCUT2D eigenvalue weighted by molar-refractivity contribution is 0.223. The lowest BCUT2D eigenvalue weighted by atomic mass is 10.2. The van der Waals surface area contributed by atoms with E-state index in [2.05, 4.69) is 10.3 Å². The maximum atomic E-state index is 3.94. The predicted molar refractivity (Wildman–Crippen MR) is 36.2 cm³/mol. The third-order valence-electron chi connectivity index (χ3n) is 1.55. The van der Waals surface area contributed by atoms with Gasteiger partial charge in [0.25, 0.3) is 0 Å². The van der Waals surface area contributed by atoms with Crippen molar-refractivity contribution in [2.24, 2.45) is 10.3 Å². The molecule has 1 aliphatic rings.